The van der Waals surface area contributed by atoms with Gasteiger partial charge in [0.05, 0.1) is 5.69 Å². The van der Waals surface area contributed by atoms with Gasteiger partial charge in [-0.2, -0.15) is 0 Å². The van der Waals surface area contributed by atoms with Crippen molar-refractivity contribution < 1.29 is 9.84 Å². The number of benzene rings is 3. The molecule has 0 amide bonds. The van der Waals surface area contributed by atoms with Crippen LogP contribution in [0.15, 0.2) is 80.7 Å². The molecular weight excluding hydrogens is 446 g/mol. The molecule has 0 spiro atoms. The van der Waals surface area contributed by atoms with Crippen molar-refractivity contribution in [2.45, 2.75) is 6.61 Å². The lowest BCUT2D eigenvalue weighted by molar-refractivity contribution is 0.305. The lowest BCUT2D eigenvalue weighted by Crippen LogP contribution is -1.96. The molecule has 5 heteroatoms. The van der Waals surface area contributed by atoms with Gasteiger partial charge in [-0.1, -0.05) is 44.0 Å². The monoisotopic (exact) mass is 459 g/mol. The second kappa shape index (κ2) is 8.32. The fraction of sp³-hybridized carbons (Fsp3) is 0.0500. The minimum Gasteiger partial charge on any atom is -0.508 e. The minimum absolute atomic E-state index is 0.206. The summed E-state index contributed by atoms with van der Waals surface area (Å²) in [6, 6.07) is 20.6. The van der Waals surface area contributed by atoms with E-state index in [0.29, 0.717) is 12.3 Å². The van der Waals surface area contributed by atoms with Gasteiger partial charge in [0.25, 0.3) is 0 Å². The summed E-state index contributed by atoms with van der Waals surface area (Å²) in [5, 5.41) is 9.44. The van der Waals surface area contributed by atoms with Crippen LogP contribution < -0.4 is 4.74 Å². The molecule has 25 heavy (non-hydrogen) atoms. The highest BCUT2D eigenvalue weighted by molar-refractivity contribution is 9.11. The first-order chi connectivity index (χ1) is 12.1. The number of nitrogens with zero attached hydrogens (tertiary/aromatic N) is 1. The molecule has 3 aromatic rings. The number of phenolic OH excluding ortho intramolecular Hbond substituents is 1. The van der Waals surface area contributed by atoms with E-state index < -0.39 is 0 Å². The highest BCUT2D eigenvalue weighted by Gasteiger charge is 2.02. The zero-order chi connectivity index (χ0) is 17.6. The maximum atomic E-state index is 9.44. The van der Waals surface area contributed by atoms with Gasteiger partial charge in [0.1, 0.15) is 18.1 Å². The first-order valence-electron chi connectivity index (χ1n) is 7.60. The van der Waals surface area contributed by atoms with Gasteiger partial charge < -0.3 is 9.84 Å². The van der Waals surface area contributed by atoms with Gasteiger partial charge in [0.15, 0.2) is 0 Å². The number of aliphatic imine (C=N–C) groups is 1. The molecule has 0 fully saturated rings. The molecule has 3 aromatic carbocycles. The zero-order valence-electron chi connectivity index (χ0n) is 13.2. The van der Waals surface area contributed by atoms with Crippen LogP contribution in [-0.2, 0) is 6.61 Å². The van der Waals surface area contributed by atoms with Crippen LogP contribution in [0.1, 0.15) is 11.1 Å². The Bertz CT molecular complexity index is 892. The second-order valence-corrected chi connectivity index (χ2v) is 7.14. The van der Waals surface area contributed by atoms with E-state index in [2.05, 4.69) is 36.9 Å². The van der Waals surface area contributed by atoms with Gasteiger partial charge >= 0.3 is 0 Å². The Morgan fingerprint density at radius 1 is 0.960 bits per heavy atom. The van der Waals surface area contributed by atoms with Crippen LogP contribution in [0.25, 0.3) is 0 Å². The first kappa shape index (κ1) is 17.7. The molecular formula is C20H15Br2NO2. The van der Waals surface area contributed by atoms with Crippen molar-refractivity contribution in [2.75, 3.05) is 0 Å². The van der Waals surface area contributed by atoms with E-state index >= 15 is 0 Å². The smallest absolute Gasteiger partial charge is 0.119 e. The SMILES string of the molecule is Oc1cccc(N=Cc2ccc(OCc3ccc(Br)cc3Br)cc2)c1. The molecule has 0 bridgehead atoms. The molecule has 0 saturated carbocycles. The van der Waals surface area contributed by atoms with Crippen molar-refractivity contribution in [1.82, 2.24) is 0 Å². The highest BCUT2D eigenvalue weighted by atomic mass is 79.9. The van der Waals surface area contributed by atoms with Crippen molar-refractivity contribution in [1.29, 1.82) is 0 Å². The molecule has 0 unspecified atom stereocenters. The summed E-state index contributed by atoms with van der Waals surface area (Å²) in [6.07, 6.45) is 1.75. The van der Waals surface area contributed by atoms with Gasteiger partial charge in [-0.15, -0.1) is 0 Å². The molecule has 0 saturated heterocycles. The molecule has 3 rings (SSSR count). The van der Waals surface area contributed by atoms with Crippen LogP contribution in [0.5, 0.6) is 11.5 Å². The van der Waals surface area contributed by atoms with Gasteiger partial charge in [-0.25, -0.2) is 0 Å². The third kappa shape index (κ3) is 5.18. The standard InChI is InChI=1S/C20H15Br2NO2/c21-16-7-6-15(20(22)10-16)13-25-19-8-4-14(5-9-19)12-23-17-2-1-3-18(24)11-17/h1-12,24H,13H2. The fourth-order valence-corrected chi connectivity index (χ4v) is 3.33. The molecule has 0 aliphatic heterocycles. The fourth-order valence-electron chi connectivity index (χ4n) is 2.17. The summed E-state index contributed by atoms with van der Waals surface area (Å²) in [6.45, 7) is 0.491. The van der Waals surface area contributed by atoms with E-state index in [1.165, 1.54) is 0 Å². The molecule has 0 atom stereocenters. The van der Waals surface area contributed by atoms with Crippen LogP contribution in [0.3, 0.4) is 0 Å². The summed E-state index contributed by atoms with van der Waals surface area (Å²) >= 11 is 6.97. The van der Waals surface area contributed by atoms with Crippen molar-refractivity contribution >= 4 is 43.8 Å². The predicted octanol–water partition coefficient (Wildman–Crippen LogP) is 6.25. The number of ether oxygens (including phenoxy) is 1. The minimum atomic E-state index is 0.206. The van der Waals surface area contributed by atoms with Crippen LogP contribution in [-0.4, -0.2) is 11.3 Å². The van der Waals surface area contributed by atoms with E-state index in [0.717, 1.165) is 25.8 Å². The molecule has 1 N–H and O–H groups in total. The summed E-state index contributed by atoms with van der Waals surface area (Å²) < 4.78 is 7.86. The van der Waals surface area contributed by atoms with Crippen molar-refractivity contribution in [3.63, 3.8) is 0 Å². The average molecular weight is 461 g/mol. The number of hydrogen-bond donors (Lipinski definition) is 1. The number of hydrogen-bond acceptors (Lipinski definition) is 3. The summed E-state index contributed by atoms with van der Waals surface area (Å²) in [5.41, 5.74) is 2.75. The lowest BCUT2D eigenvalue weighted by atomic mass is 10.2. The first-order valence-corrected chi connectivity index (χ1v) is 9.19. The maximum absolute atomic E-state index is 9.44. The quantitative estimate of drug-likeness (QED) is 0.457. The average Bonchev–Trinajstić information content (AvgIpc) is 2.60. The van der Waals surface area contributed by atoms with Gasteiger partial charge in [0, 0.05) is 26.8 Å². The summed E-state index contributed by atoms with van der Waals surface area (Å²) in [5.74, 6) is 1.00. The zero-order valence-corrected chi connectivity index (χ0v) is 16.4. The van der Waals surface area contributed by atoms with E-state index in [4.69, 9.17) is 4.74 Å². The van der Waals surface area contributed by atoms with Gasteiger partial charge in [0.2, 0.25) is 0 Å². The van der Waals surface area contributed by atoms with Crippen molar-refractivity contribution in [3.8, 4) is 11.5 Å². The van der Waals surface area contributed by atoms with Crippen LogP contribution >= 0.6 is 31.9 Å². The van der Waals surface area contributed by atoms with Gasteiger partial charge in [-0.3, -0.25) is 4.99 Å². The van der Waals surface area contributed by atoms with Crippen molar-refractivity contribution in [2.24, 2.45) is 4.99 Å². The third-order valence-corrected chi connectivity index (χ3v) is 4.71. The lowest BCUT2D eigenvalue weighted by Gasteiger charge is -2.08. The van der Waals surface area contributed by atoms with Gasteiger partial charge in [-0.05, 0) is 54.1 Å². The third-order valence-electron chi connectivity index (χ3n) is 3.48. The predicted molar refractivity (Wildman–Crippen MR) is 108 cm³/mol. The van der Waals surface area contributed by atoms with Crippen molar-refractivity contribution in [3.05, 3.63) is 86.8 Å². The molecule has 126 valence electrons. The molecule has 0 radical (unpaired) electrons. The molecule has 0 heterocycles. The number of aromatic hydroxyl groups is 1. The largest absolute Gasteiger partial charge is 0.508 e. The van der Waals surface area contributed by atoms with E-state index in [1.807, 2.05) is 48.5 Å². The summed E-state index contributed by atoms with van der Waals surface area (Å²) in [7, 11) is 0. The number of halogens is 2. The normalized spacial score (nSPS) is 11.0. The van der Waals surface area contributed by atoms with E-state index in [9.17, 15) is 5.11 Å². The Morgan fingerprint density at radius 2 is 1.76 bits per heavy atom. The van der Waals surface area contributed by atoms with E-state index in [-0.39, 0.29) is 5.75 Å². The Morgan fingerprint density at radius 3 is 2.48 bits per heavy atom. The van der Waals surface area contributed by atoms with Crippen LogP contribution in [0.4, 0.5) is 5.69 Å². The molecule has 0 aliphatic rings. The molecule has 3 nitrogen and oxygen atoms in total. The topological polar surface area (TPSA) is 41.8 Å². The summed E-state index contributed by atoms with van der Waals surface area (Å²) in [4.78, 5) is 4.34. The maximum Gasteiger partial charge on any atom is 0.119 e. The molecule has 0 aliphatic carbocycles. The second-order valence-electron chi connectivity index (χ2n) is 5.37. The van der Waals surface area contributed by atoms with Crippen LogP contribution in [0, 0.1) is 0 Å². The number of phenols is 1. The highest BCUT2D eigenvalue weighted by Crippen LogP contribution is 2.24. The molecule has 0 aromatic heterocycles. The Balaban J connectivity index is 1.62. The van der Waals surface area contributed by atoms with E-state index in [1.54, 1.807) is 24.4 Å². The Labute approximate surface area is 163 Å². The Hall–Kier alpha value is -2.11. The Kier molecular flexibility index (Phi) is 5.89. The number of rotatable bonds is 5. The van der Waals surface area contributed by atoms with Crippen LogP contribution in [0.2, 0.25) is 0 Å².